The van der Waals surface area contributed by atoms with Gasteiger partial charge in [0, 0.05) is 47.7 Å². The van der Waals surface area contributed by atoms with Crippen molar-refractivity contribution in [3.8, 4) is 33.8 Å². The maximum Gasteiger partial charge on any atom is 0.357 e. The van der Waals surface area contributed by atoms with E-state index in [2.05, 4.69) is 160 Å². The lowest BCUT2D eigenvalue weighted by atomic mass is 9.64. The number of hydrogen-bond acceptors (Lipinski definition) is 0. The van der Waals surface area contributed by atoms with E-state index in [1.54, 1.807) is 0 Å². The Balaban J connectivity index is 1.28. The van der Waals surface area contributed by atoms with Gasteiger partial charge in [0.05, 0.1) is 22.6 Å². The summed E-state index contributed by atoms with van der Waals surface area (Å²) >= 11 is 0. The van der Waals surface area contributed by atoms with Crippen molar-refractivity contribution < 1.29 is 13.7 Å². The molecule has 13 rings (SSSR count). The quantitative estimate of drug-likeness (QED) is 0.145. The molecule has 3 heteroatoms. The number of nitrogens with zero attached hydrogens (tertiary/aromatic N) is 3. The highest BCUT2D eigenvalue weighted by Gasteiger charge is 2.56. The summed E-state index contributed by atoms with van der Waals surface area (Å²) in [7, 11) is 0. The summed E-state index contributed by atoms with van der Waals surface area (Å²) in [4.78, 5) is 0. The summed E-state index contributed by atoms with van der Waals surface area (Å²) in [6.07, 6.45) is 14.7. The van der Waals surface area contributed by atoms with Gasteiger partial charge in [-0.1, -0.05) is 72.8 Å². The molecule has 4 aromatic carbocycles. The smallest absolute Gasteiger partial charge is 0.191 e. The predicted molar refractivity (Wildman–Crippen MR) is 203 cm³/mol. The Bertz CT molecular complexity index is 2650. The molecule has 11 bridgehead atoms. The molecule has 6 aliphatic rings. The number of benzene rings is 4. The Labute approximate surface area is 305 Å². The van der Waals surface area contributed by atoms with E-state index in [-0.39, 0.29) is 17.6 Å². The second kappa shape index (κ2) is 10.7. The standard InChI is InChI=1S/C49H40N3/c1-2-8-39-38(7-1)26-47-50-29-32-13-15-34-23-35-16-14-33-18-22-46-41-10-4-6-12-43(41)48(42-11-5-3-9-40(42)45(50)20-17-32)49(52(46)31-33,28-37(24-34)25-35)27-36-19-21-44(39)51(47)30-36/h1-12,17-25,29-31,47-48H,13-16,26-28H2/q+3. The molecule has 52 heavy (non-hydrogen) atoms. The molecule has 3 unspecified atom stereocenters. The van der Waals surface area contributed by atoms with E-state index in [0.29, 0.717) is 0 Å². The first-order valence-electron chi connectivity index (χ1n) is 19.2. The highest BCUT2D eigenvalue weighted by Crippen LogP contribution is 2.51. The Morgan fingerprint density at radius 2 is 0.962 bits per heavy atom. The van der Waals surface area contributed by atoms with Gasteiger partial charge >= 0.3 is 6.17 Å². The van der Waals surface area contributed by atoms with Crippen molar-refractivity contribution in [2.24, 2.45) is 0 Å². The topological polar surface area (TPSA) is 11.6 Å². The van der Waals surface area contributed by atoms with Crippen LogP contribution < -0.4 is 13.7 Å². The molecule has 0 fully saturated rings. The minimum Gasteiger partial charge on any atom is -0.191 e. The molecule has 0 radical (unpaired) electrons. The van der Waals surface area contributed by atoms with Gasteiger partial charge in [-0.05, 0) is 95.5 Å². The summed E-state index contributed by atoms with van der Waals surface area (Å²) in [5, 5.41) is 0. The van der Waals surface area contributed by atoms with Gasteiger partial charge < -0.3 is 0 Å². The van der Waals surface area contributed by atoms with E-state index in [0.717, 1.165) is 44.9 Å². The van der Waals surface area contributed by atoms with Gasteiger partial charge in [-0.15, -0.1) is 9.13 Å². The molecular formula is C49H40N3+3. The fourth-order valence-corrected chi connectivity index (χ4v) is 10.9. The van der Waals surface area contributed by atoms with Crippen LogP contribution in [0.25, 0.3) is 33.8 Å². The number of fused-ring (bicyclic) bond motifs is 9. The van der Waals surface area contributed by atoms with Gasteiger partial charge in [-0.25, -0.2) is 0 Å². The zero-order valence-electron chi connectivity index (χ0n) is 29.3. The first-order chi connectivity index (χ1) is 25.7. The molecule has 3 aromatic heterocycles. The van der Waals surface area contributed by atoms with Crippen LogP contribution in [0, 0.1) is 0 Å². The maximum atomic E-state index is 2.77. The molecule has 1 aliphatic carbocycles. The van der Waals surface area contributed by atoms with Crippen LogP contribution in [-0.2, 0) is 50.5 Å². The Hall–Kier alpha value is -5.67. The van der Waals surface area contributed by atoms with Crippen molar-refractivity contribution in [3.05, 3.63) is 196 Å². The van der Waals surface area contributed by atoms with E-state index in [4.69, 9.17) is 0 Å². The largest absolute Gasteiger partial charge is 0.357 e. The number of hydrogen-bond donors (Lipinski definition) is 0. The Morgan fingerprint density at radius 1 is 0.442 bits per heavy atom. The molecule has 7 aromatic rings. The van der Waals surface area contributed by atoms with E-state index < -0.39 is 0 Å². The van der Waals surface area contributed by atoms with Gasteiger partial charge in [0.2, 0.25) is 17.1 Å². The number of aromatic nitrogens is 3. The summed E-state index contributed by atoms with van der Waals surface area (Å²) in [6.45, 7) is 0. The Morgan fingerprint density at radius 3 is 1.71 bits per heavy atom. The minimum absolute atomic E-state index is 0.113. The fraction of sp³-hybridized carbons (Fsp3) is 0.204. The van der Waals surface area contributed by atoms with Crippen LogP contribution in [0.5, 0.6) is 0 Å². The first-order valence-corrected chi connectivity index (χ1v) is 19.2. The van der Waals surface area contributed by atoms with Crippen LogP contribution in [0.4, 0.5) is 0 Å². The molecule has 5 aliphatic heterocycles. The van der Waals surface area contributed by atoms with E-state index >= 15 is 0 Å². The summed E-state index contributed by atoms with van der Waals surface area (Å²) < 4.78 is 8.04. The average Bonchev–Trinajstić information content (AvgIpc) is 3.19. The van der Waals surface area contributed by atoms with Gasteiger partial charge in [-0.3, -0.25) is 0 Å². The third kappa shape index (κ3) is 4.11. The fourth-order valence-electron chi connectivity index (χ4n) is 10.9. The Kier molecular flexibility index (Phi) is 5.95. The molecule has 0 N–H and O–H groups in total. The molecule has 3 nitrogen and oxygen atoms in total. The number of rotatable bonds is 0. The predicted octanol–water partition coefficient (Wildman–Crippen LogP) is 7.99. The molecule has 3 atom stereocenters. The van der Waals surface area contributed by atoms with Gasteiger partial charge in [0.15, 0.2) is 24.1 Å². The SMILES string of the molecule is c1ccc2c(c1)CC1[n+]3cc(ccc3-2)CC23Cc4cc5cc(c4)CCc4ccc([n+]2c4)-c2ccccc2C3c2ccccc2-c2ccc(c[n+]21)CC5. The zero-order valence-corrected chi connectivity index (χ0v) is 29.3. The van der Waals surface area contributed by atoms with E-state index in [1.165, 1.54) is 83.8 Å². The van der Waals surface area contributed by atoms with Crippen molar-refractivity contribution in [1.82, 2.24) is 0 Å². The van der Waals surface area contributed by atoms with Crippen molar-refractivity contribution in [2.75, 3.05) is 0 Å². The normalized spacial score (nSPS) is 21.0. The maximum absolute atomic E-state index is 2.77. The van der Waals surface area contributed by atoms with Crippen LogP contribution in [0.1, 0.15) is 62.2 Å². The lowest BCUT2D eigenvalue weighted by Crippen LogP contribution is -2.65. The molecule has 8 heterocycles. The van der Waals surface area contributed by atoms with E-state index in [1.807, 2.05) is 0 Å². The molecule has 0 amide bonds. The highest BCUT2D eigenvalue weighted by atomic mass is 15.2. The van der Waals surface area contributed by atoms with Crippen LogP contribution in [0.15, 0.2) is 146 Å². The molecular weight excluding hydrogens is 631 g/mol. The van der Waals surface area contributed by atoms with Crippen molar-refractivity contribution in [2.45, 2.75) is 62.6 Å². The summed E-state index contributed by atoms with van der Waals surface area (Å²) in [6, 6.07) is 50.0. The van der Waals surface area contributed by atoms with Crippen LogP contribution >= 0.6 is 0 Å². The zero-order chi connectivity index (χ0) is 34.0. The van der Waals surface area contributed by atoms with Crippen LogP contribution in [-0.4, -0.2) is 0 Å². The second-order valence-electron chi connectivity index (χ2n) is 16.0. The summed E-state index contributed by atoms with van der Waals surface area (Å²) in [5.41, 5.74) is 20.6. The van der Waals surface area contributed by atoms with Gasteiger partial charge in [-0.2, -0.15) is 4.57 Å². The third-order valence-electron chi connectivity index (χ3n) is 13.1. The second-order valence-corrected chi connectivity index (χ2v) is 16.0. The minimum atomic E-state index is -0.306. The molecule has 1 spiro atoms. The van der Waals surface area contributed by atoms with Crippen LogP contribution in [0.2, 0.25) is 0 Å². The number of pyridine rings is 3. The highest BCUT2D eigenvalue weighted by molar-refractivity contribution is 5.71. The summed E-state index contributed by atoms with van der Waals surface area (Å²) in [5.74, 6) is 0.113. The van der Waals surface area contributed by atoms with Crippen LogP contribution in [0.3, 0.4) is 0 Å². The monoisotopic (exact) mass is 670 g/mol. The van der Waals surface area contributed by atoms with E-state index in [9.17, 15) is 0 Å². The average molecular weight is 671 g/mol. The van der Waals surface area contributed by atoms with Crippen molar-refractivity contribution in [1.29, 1.82) is 0 Å². The number of aryl methyl sites for hydroxylation is 4. The first kappa shape index (κ1) is 29.0. The third-order valence-corrected chi connectivity index (χ3v) is 13.1. The van der Waals surface area contributed by atoms with Crippen molar-refractivity contribution >= 4 is 0 Å². The lowest BCUT2D eigenvalue weighted by Gasteiger charge is -2.42. The van der Waals surface area contributed by atoms with Crippen molar-refractivity contribution in [3.63, 3.8) is 0 Å². The van der Waals surface area contributed by atoms with Gasteiger partial charge in [0.1, 0.15) is 6.42 Å². The molecule has 0 saturated carbocycles. The van der Waals surface area contributed by atoms with Gasteiger partial charge in [0.25, 0.3) is 0 Å². The molecule has 248 valence electrons. The molecule has 0 saturated heterocycles. The lowest BCUT2D eigenvalue weighted by molar-refractivity contribution is -0.936.